The van der Waals surface area contributed by atoms with E-state index >= 15 is 0 Å². The van der Waals surface area contributed by atoms with Crippen LogP contribution in [-0.2, 0) is 0 Å². The number of thiazole rings is 1. The van der Waals surface area contributed by atoms with Crippen LogP contribution >= 0.6 is 11.3 Å². The molecule has 17 heavy (non-hydrogen) atoms. The van der Waals surface area contributed by atoms with Crippen molar-refractivity contribution in [2.75, 3.05) is 0 Å². The quantitative estimate of drug-likeness (QED) is 0.870. The van der Waals surface area contributed by atoms with Crippen molar-refractivity contribution in [2.24, 2.45) is 0 Å². The number of aromatic nitrogens is 1. The Morgan fingerprint density at radius 3 is 2.82 bits per heavy atom. The number of amides is 2. The van der Waals surface area contributed by atoms with Crippen molar-refractivity contribution in [3.63, 3.8) is 0 Å². The van der Waals surface area contributed by atoms with Crippen LogP contribution in [0.15, 0.2) is 6.20 Å². The second-order valence-corrected chi connectivity index (χ2v) is 5.90. The zero-order chi connectivity index (χ0) is 12.3. The molecule has 5 heteroatoms. The van der Waals surface area contributed by atoms with Gasteiger partial charge >= 0.3 is 6.03 Å². The molecule has 2 N–H and O–H groups in total. The smallest absolute Gasteiger partial charge is 0.315 e. The molecule has 1 unspecified atom stereocenters. The largest absolute Gasteiger partial charge is 0.335 e. The minimum atomic E-state index is -0.0720. The maximum absolute atomic E-state index is 11.7. The van der Waals surface area contributed by atoms with Gasteiger partial charge in [-0.25, -0.2) is 9.78 Å². The molecular weight excluding hydrogens is 234 g/mol. The molecule has 1 aliphatic carbocycles. The van der Waals surface area contributed by atoms with Crippen LogP contribution in [0.2, 0.25) is 0 Å². The Labute approximate surface area is 106 Å². The summed E-state index contributed by atoms with van der Waals surface area (Å²) in [4.78, 5) is 17.2. The molecule has 2 amide bonds. The average molecular weight is 253 g/mol. The van der Waals surface area contributed by atoms with E-state index in [1.165, 1.54) is 17.7 Å². The number of nitrogens with one attached hydrogen (secondary N) is 2. The topological polar surface area (TPSA) is 54.0 Å². The molecule has 1 fully saturated rings. The van der Waals surface area contributed by atoms with E-state index in [0.29, 0.717) is 6.04 Å². The highest BCUT2D eigenvalue weighted by Gasteiger charge is 2.18. The summed E-state index contributed by atoms with van der Waals surface area (Å²) in [6.07, 6.45) is 6.52. The van der Waals surface area contributed by atoms with Crippen LogP contribution in [0.25, 0.3) is 0 Å². The minimum Gasteiger partial charge on any atom is -0.335 e. The van der Waals surface area contributed by atoms with E-state index in [4.69, 9.17) is 0 Å². The first-order valence-electron chi connectivity index (χ1n) is 6.14. The molecule has 1 saturated carbocycles. The van der Waals surface area contributed by atoms with Gasteiger partial charge in [-0.1, -0.05) is 12.8 Å². The first-order chi connectivity index (χ1) is 8.15. The average Bonchev–Trinajstić information content (AvgIpc) is 2.89. The first kappa shape index (κ1) is 12.4. The Morgan fingerprint density at radius 1 is 1.53 bits per heavy atom. The number of rotatable bonds is 3. The summed E-state index contributed by atoms with van der Waals surface area (Å²) in [6, 6.07) is 0.271. The SMILES string of the molecule is Cc1cnc(C(C)NC(=O)NC2CCCC2)s1. The summed E-state index contributed by atoms with van der Waals surface area (Å²) in [5, 5.41) is 6.91. The lowest BCUT2D eigenvalue weighted by Crippen LogP contribution is -2.41. The number of hydrogen-bond donors (Lipinski definition) is 2. The monoisotopic (exact) mass is 253 g/mol. The highest BCUT2D eigenvalue weighted by molar-refractivity contribution is 7.11. The molecule has 1 aromatic heterocycles. The second kappa shape index (κ2) is 5.49. The molecule has 4 nitrogen and oxygen atoms in total. The third-order valence-corrected chi connectivity index (χ3v) is 4.14. The lowest BCUT2D eigenvalue weighted by atomic mass is 10.2. The van der Waals surface area contributed by atoms with Gasteiger partial charge in [0.25, 0.3) is 0 Å². The van der Waals surface area contributed by atoms with Crippen molar-refractivity contribution in [1.82, 2.24) is 15.6 Å². The molecule has 0 bridgehead atoms. The van der Waals surface area contributed by atoms with E-state index in [-0.39, 0.29) is 12.1 Å². The normalized spacial score (nSPS) is 18.0. The number of carbonyl (C=O) groups excluding carboxylic acids is 1. The second-order valence-electron chi connectivity index (χ2n) is 4.63. The zero-order valence-electron chi connectivity index (χ0n) is 10.3. The van der Waals surface area contributed by atoms with Crippen LogP contribution in [0, 0.1) is 6.92 Å². The van der Waals surface area contributed by atoms with Gasteiger partial charge < -0.3 is 10.6 Å². The summed E-state index contributed by atoms with van der Waals surface area (Å²) >= 11 is 1.63. The summed E-state index contributed by atoms with van der Waals surface area (Å²) in [5.74, 6) is 0. The molecule has 0 spiro atoms. The van der Waals surface area contributed by atoms with Gasteiger partial charge in [-0.3, -0.25) is 0 Å². The van der Waals surface area contributed by atoms with Gasteiger partial charge in [0.15, 0.2) is 0 Å². The number of nitrogens with zero attached hydrogens (tertiary/aromatic N) is 1. The Hall–Kier alpha value is -1.10. The Kier molecular flexibility index (Phi) is 3.99. The molecule has 2 rings (SSSR count). The van der Waals surface area contributed by atoms with E-state index in [1.807, 2.05) is 20.0 Å². The van der Waals surface area contributed by atoms with E-state index in [9.17, 15) is 4.79 Å². The fourth-order valence-corrected chi connectivity index (χ4v) is 2.90. The number of aryl methyl sites for hydroxylation is 1. The molecule has 1 atom stereocenters. The number of urea groups is 1. The Bertz CT molecular complexity index is 385. The fourth-order valence-electron chi connectivity index (χ4n) is 2.13. The molecule has 0 saturated heterocycles. The van der Waals surface area contributed by atoms with E-state index in [0.717, 1.165) is 17.8 Å². The Morgan fingerprint density at radius 2 is 2.24 bits per heavy atom. The van der Waals surface area contributed by atoms with Gasteiger partial charge in [-0.15, -0.1) is 11.3 Å². The molecule has 0 aliphatic heterocycles. The van der Waals surface area contributed by atoms with Crippen molar-refractivity contribution in [3.05, 3.63) is 16.1 Å². The predicted octanol–water partition coefficient (Wildman–Crippen LogP) is 2.75. The maximum atomic E-state index is 11.7. The summed E-state index contributed by atoms with van der Waals surface area (Å²) < 4.78 is 0. The van der Waals surface area contributed by atoms with Gasteiger partial charge in [-0.05, 0) is 26.7 Å². The molecule has 0 aromatic carbocycles. The van der Waals surface area contributed by atoms with Gasteiger partial charge in [0.1, 0.15) is 5.01 Å². The highest BCUT2D eigenvalue weighted by atomic mass is 32.1. The molecule has 94 valence electrons. The number of carbonyl (C=O) groups is 1. The fraction of sp³-hybridized carbons (Fsp3) is 0.667. The lowest BCUT2D eigenvalue weighted by Gasteiger charge is -2.16. The van der Waals surface area contributed by atoms with E-state index in [1.54, 1.807) is 11.3 Å². The van der Waals surface area contributed by atoms with Crippen LogP contribution in [0.3, 0.4) is 0 Å². The third-order valence-electron chi connectivity index (χ3n) is 3.05. The number of hydrogen-bond acceptors (Lipinski definition) is 3. The van der Waals surface area contributed by atoms with Crippen LogP contribution < -0.4 is 10.6 Å². The Balaban J connectivity index is 1.81. The molecule has 1 heterocycles. The van der Waals surface area contributed by atoms with Crippen molar-refractivity contribution >= 4 is 17.4 Å². The summed E-state index contributed by atoms with van der Waals surface area (Å²) in [6.45, 7) is 3.99. The van der Waals surface area contributed by atoms with Crippen LogP contribution in [0.5, 0.6) is 0 Å². The molecular formula is C12H19N3OS. The van der Waals surface area contributed by atoms with Crippen molar-refractivity contribution in [2.45, 2.75) is 51.6 Å². The highest BCUT2D eigenvalue weighted by Crippen LogP contribution is 2.20. The van der Waals surface area contributed by atoms with Gasteiger partial charge in [0.05, 0.1) is 6.04 Å². The predicted molar refractivity (Wildman–Crippen MR) is 69.2 cm³/mol. The van der Waals surface area contributed by atoms with Crippen molar-refractivity contribution in [1.29, 1.82) is 0 Å². The molecule has 0 radical (unpaired) electrons. The first-order valence-corrected chi connectivity index (χ1v) is 6.96. The van der Waals surface area contributed by atoms with E-state index < -0.39 is 0 Å². The van der Waals surface area contributed by atoms with E-state index in [2.05, 4.69) is 15.6 Å². The zero-order valence-corrected chi connectivity index (χ0v) is 11.1. The molecule has 1 aliphatic rings. The minimum absolute atomic E-state index is 0.0184. The van der Waals surface area contributed by atoms with Gasteiger partial charge in [0.2, 0.25) is 0 Å². The van der Waals surface area contributed by atoms with Gasteiger partial charge in [0, 0.05) is 17.1 Å². The van der Waals surface area contributed by atoms with Crippen LogP contribution in [0.4, 0.5) is 4.79 Å². The maximum Gasteiger partial charge on any atom is 0.315 e. The van der Waals surface area contributed by atoms with Gasteiger partial charge in [-0.2, -0.15) is 0 Å². The summed E-state index contributed by atoms with van der Waals surface area (Å²) in [5.41, 5.74) is 0. The van der Waals surface area contributed by atoms with Crippen LogP contribution in [0.1, 0.15) is 48.5 Å². The molecule has 1 aromatic rings. The lowest BCUT2D eigenvalue weighted by molar-refractivity contribution is 0.234. The summed E-state index contributed by atoms with van der Waals surface area (Å²) in [7, 11) is 0. The standard InChI is InChI=1S/C12H19N3OS/c1-8-7-13-11(17-8)9(2)14-12(16)15-10-5-3-4-6-10/h7,9-10H,3-6H2,1-2H3,(H2,14,15,16). The van der Waals surface area contributed by atoms with Crippen molar-refractivity contribution in [3.8, 4) is 0 Å². The van der Waals surface area contributed by atoms with Crippen molar-refractivity contribution < 1.29 is 4.79 Å². The van der Waals surface area contributed by atoms with Crippen LogP contribution in [-0.4, -0.2) is 17.1 Å². The third kappa shape index (κ3) is 3.43.